The number of nitrogens with one attached hydrogen (secondary N) is 1. The maximum Gasteiger partial charge on any atom is 0.344 e. The number of benzene rings is 1. The lowest BCUT2D eigenvalue weighted by Gasteiger charge is -2.10. The van der Waals surface area contributed by atoms with E-state index in [1.165, 1.54) is 0 Å². The zero-order valence-electron chi connectivity index (χ0n) is 14.2. The van der Waals surface area contributed by atoms with Gasteiger partial charge in [-0.3, -0.25) is 9.78 Å². The quantitative estimate of drug-likeness (QED) is 0.603. The van der Waals surface area contributed by atoms with E-state index in [0.29, 0.717) is 11.3 Å². The molecule has 1 amide bonds. The van der Waals surface area contributed by atoms with E-state index in [1.807, 2.05) is 32.0 Å². The van der Waals surface area contributed by atoms with Gasteiger partial charge in [0, 0.05) is 18.0 Å². The Morgan fingerprint density at radius 1 is 1.12 bits per heavy atom. The van der Waals surface area contributed by atoms with E-state index in [0.717, 1.165) is 11.1 Å². The van der Waals surface area contributed by atoms with E-state index in [9.17, 15) is 9.59 Å². The van der Waals surface area contributed by atoms with Gasteiger partial charge in [0.05, 0.1) is 6.54 Å². The number of carbonyl (C=O) groups is 2. The van der Waals surface area contributed by atoms with Gasteiger partial charge in [-0.05, 0) is 37.6 Å². The van der Waals surface area contributed by atoms with Gasteiger partial charge in [0.15, 0.2) is 6.61 Å². The topological polar surface area (TPSA) is 77.5 Å². The summed E-state index contributed by atoms with van der Waals surface area (Å²) in [5, 5.41) is 2.66. The van der Waals surface area contributed by atoms with Crippen molar-refractivity contribution in [3.8, 4) is 5.75 Å². The van der Waals surface area contributed by atoms with Crippen LogP contribution >= 0.6 is 12.4 Å². The van der Waals surface area contributed by atoms with Crippen LogP contribution in [0.25, 0.3) is 0 Å². The number of hydrogen-bond acceptors (Lipinski definition) is 5. The average molecular weight is 365 g/mol. The molecule has 2 aromatic rings. The first-order valence-electron chi connectivity index (χ1n) is 7.60. The fourth-order valence-corrected chi connectivity index (χ4v) is 2.07. The molecule has 0 aliphatic heterocycles. The van der Waals surface area contributed by atoms with Gasteiger partial charge in [-0.25, -0.2) is 4.79 Å². The second-order valence-electron chi connectivity index (χ2n) is 5.27. The Balaban J connectivity index is 0.00000312. The Hall–Kier alpha value is -2.60. The van der Waals surface area contributed by atoms with Crippen LogP contribution in [-0.4, -0.2) is 36.6 Å². The summed E-state index contributed by atoms with van der Waals surface area (Å²) in [6.45, 7) is 4.07. The lowest BCUT2D eigenvalue weighted by atomic mass is 10.1. The van der Waals surface area contributed by atoms with Crippen molar-refractivity contribution in [1.29, 1.82) is 0 Å². The van der Waals surface area contributed by atoms with Crippen molar-refractivity contribution < 1.29 is 19.1 Å². The number of aromatic nitrogens is 1. The summed E-state index contributed by atoms with van der Waals surface area (Å²) in [6, 6.07) is 8.95. The molecule has 6 nitrogen and oxygen atoms in total. The van der Waals surface area contributed by atoms with Gasteiger partial charge in [0.2, 0.25) is 0 Å². The van der Waals surface area contributed by atoms with Crippen molar-refractivity contribution in [3.63, 3.8) is 0 Å². The van der Waals surface area contributed by atoms with Gasteiger partial charge in [-0.2, -0.15) is 0 Å². The highest BCUT2D eigenvalue weighted by molar-refractivity contribution is 5.93. The number of carbonyl (C=O) groups excluding carboxylic acids is 2. The number of halogens is 1. The molecule has 25 heavy (non-hydrogen) atoms. The zero-order valence-corrected chi connectivity index (χ0v) is 15.0. The lowest BCUT2D eigenvalue weighted by Crippen LogP contribution is -2.28. The summed E-state index contributed by atoms with van der Waals surface area (Å²) in [5.74, 6) is -0.0587. The van der Waals surface area contributed by atoms with Crippen LogP contribution in [0, 0.1) is 13.8 Å². The monoisotopic (exact) mass is 364 g/mol. The molecule has 7 heteroatoms. The second-order valence-corrected chi connectivity index (χ2v) is 5.27. The van der Waals surface area contributed by atoms with Gasteiger partial charge in [-0.1, -0.05) is 17.7 Å². The summed E-state index contributed by atoms with van der Waals surface area (Å²) in [6.07, 6.45) is 3.08. The van der Waals surface area contributed by atoms with E-state index in [4.69, 9.17) is 9.47 Å². The normalized spacial score (nSPS) is 9.68. The highest BCUT2D eigenvalue weighted by Crippen LogP contribution is 2.18. The van der Waals surface area contributed by atoms with Crippen molar-refractivity contribution in [3.05, 3.63) is 59.4 Å². The fourth-order valence-electron chi connectivity index (χ4n) is 2.07. The van der Waals surface area contributed by atoms with Crippen LogP contribution < -0.4 is 10.1 Å². The van der Waals surface area contributed by atoms with Gasteiger partial charge in [0.1, 0.15) is 12.4 Å². The van der Waals surface area contributed by atoms with Crippen LogP contribution in [-0.2, 0) is 9.53 Å². The predicted octanol–water partition coefficient (Wildman–Crippen LogP) is 2.47. The van der Waals surface area contributed by atoms with E-state index in [1.54, 1.807) is 24.5 Å². The van der Waals surface area contributed by atoms with Gasteiger partial charge < -0.3 is 14.8 Å². The number of hydrogen-bond donors (Lipinski definition) is 1. The van der Waals surface area contributed by atoms with E-state index >= 15 is 0 Å². The molecular formula is C18H21ClN2O4. The predicted molar refractivity (Wildman–Crippen MR) is 96.2 cm³/mol. The molecular weight excluding hydrogens is 344 g/mol. The number of pyridine rings is 1. The minimum absolute atomic E-state index is 0. The molecule has 0 saturated heterocycles. The van der Waals surface area contributed by atoms with E-state index in [-0.39, 0.29) is 38.1 Å². The largest absolute Gasteiger partial charge is 0.482 e. The Morgan fingerprint density at radius 3 is 2.52 bits per heavy atom. The van der Waals surface area contributed by atoms with Crippen molar-refractivity contribution in [2.24, 2.45) is 0 Å². The maximum absolute atomic E-state index is 11.8. The van der Waals surface area contributed by atoms with Gasteiger partial charge in [0.25, 0.3) is 5.91 Å². The Labute approximate surface area is 153 Å². The van der Waals surface area contributed by atoms with Crippen LogP contribution in [0.5, 0.6) is 5.75 Å². The van der Waals surface area contributed by atoms with Crippen LogP contribution in [0.4, 0.5) is 0 Å². The SMILES string of the molecule is Cc1ccc(OCC(=O)OCCNC(=O)c2ccncc2)c(C)c1.Cl. The Morgan fingerprint density at radius 2 is 1.84 bits per heavy atom. The molecule has 0 fully saturated rings. The molecule has 1 heterocycles. The molecule has 0 radical (unpaired) electrons. The minimum atomic E-state index is -0.479. The van der Waals surface area contributed by atoms with Crippen molar-refractivity contribution in [2.75, 3.05) is 19.8 Å². The zero-order chi connectivity index (χ0) is 17.4. The number of aryl methyl sites for hydroxylation is 2. The smallest absolute Gasteiger partial charge is 0.344 e. The average Bonchev–Trinajstić information content (AvgIpc) is 2.58. The first-order chi connectivity index (χ1) is 11.6. The first-order valence-corrected chi connectivity index (χ1v) is 7.60. The van der Waals surface area contributed by atoms with Crippen LogP contribution in [0.1, 0.15) is 21.5 Å². The number of nitrogens with zero attached hydrogens (tertiary/aromatic N) is 1. The van der Waals surface area contributed by atoms with Crippen molar-refractivity contribution in [2.45, 2.75) is 13.8 Å². The molecule has 134 valence electrons. The third-order valence-corrected chi connectivity index (χ3v) is 3.27. The molecule has 0 bridgehead atoms. The number of esters is 1. The fraction of sp³-hybridized carbons (Fsp3) is 0.278. The minimum Gasteiger partial charge on any atom is -0.482 e. The summed E-state index contributed by atoms with van der Waals surface area (Å²) in [7, 11) is 0. The molecule has 2 rings (SSSR count). The summed E-state index contributed by atoms with van der Waals surface area (Å²) < 4.78 is 10.5. The third kappa shape index (κ3) is 6.81. The number of ether oxygens (including phenoxy) is 2. The van der Waals surface area contributed by atoms with Gasteiger partial charge >= 0.3 is 5.97 Å². The van der Waals surface area contributed by atoms with Crippen LogP contribution in [0.2, 0.25) is 0 Å². The number of rotatable bonds is 7. The molecule has 0 aliphatic rings. The van der Waals surface area contributed by atoms with E-state index < -0.39 is 5.97 Å². The molecule has 0 spiro atoms. The lowest BCUT2D eigenvalue weighted by molar-refractivity contribution is -0.145. The standard InChI is InChI=1S/C18H20N2O4.ClH/c1-13-3-4-16(14(2)11-13)24-12-17(21)23-10-9-20-18(22)15-5-7-19-8-6-15;/h3-8,11H,9-10,12H2,1-2H3,(H,20,22);1H. The Kier molecular flexibility index (Phi) is 8.43. The maximum atomic E-state index is 11.8. The van der Waals surface area contributed by atoms with E-state index in [2.05, 4.69) is 10.3 Å². The molecule has 0 unspecified atom stereocenters. The van der Waals surface area contributed by atoms with Gasteiger partial charge in [-0.15, -0.1) is 12.4 Å². The van der Waals surface area contributed by atoms with Crippen LogP contribution in [0.3, 0.4) is 0 Å². The molecule has 1 N–H and O–H groups in total. The summed E-state index contributed by atoms with van der Waals surface area (Å²) in [5.41, 5.74) is 2.61. The summed E-state index contributed by atoms with van der Waals surface area (Å²) >= 11 is 0. The van der Waals surface area contributed by atoms with Crippen molar-refractivity contribution in [1.82, 2.24) is 10.3 Å². The first kappa shape index (κ1) is 20.4. The summed E-state index contributed by atoms with van der Waals surface area (Å²) in [4.78, 5) is 27.2. The molecule has 0 atom stereocenters. The van der Waals surface area contributed by atoms with Crippen molar-refractivity contribution >= 4 is 24.3 Å². The van der Waals surface area contributed by atoms with Crippen LogP contribution in [0.15, 0.2) is 42.7 Å². The third-order valence-electron chi connectivity index (χ3n) is 3.27. The molecule has 1 aromatic heterocycles. The highest BCUT2D eigenvalue weighted by Gasteiger charge is 2.07. The highest BCUT2D eigenvalue weighted by atomic mass is 35.5. The Bertz CT molecular complexity index is 707. The number of amides is 1. The molecule has 1 aromatic carbocycles. The molecule has 0 saturated carbocycles. The second kappa shape index (κ2) is 10.3. The molecule has 0 aliphatic carbocycles.